The molecule has 0 saturated heterocycles. The van der Waals surface area contributed by atoms with Gasteiger partial charge in [0.15, 0.2) is 0 Å². The predicted molar refractivity (Wildman–Crippen MR) is 72.9 cm³/mol. The van der Waals surface area contributed by atoms with Crippen LogP contribution in [0.15, 0.2) is 18.2 Å². The maximum absolute atomic E-state index is 12.1. The molecule has 0 spiro atoms. The number of hydrogen-bond donors (Lipinski definition) is 0. The summed E-state index contributed by atoms with van der Waals surface area (Å²) in [5, 5.41) is 0. The van der Waals surface area contributed by atoms with Gasteiger partial charge in [0, 0.05) is 0 Å². The second kappa shape index (κ2) is 7.14. The zero-order valence-corrected chi connectivity index (χ0v) is 11.9. The fourth-order valence-electron chi connectivity index (χ4n) is 2.29. The minimum Gasteiger partial charge on any atom is -0.497 e. The minimum atomic E-state index is -0.564. The number of rotatable bonds is 5. The third-order valence-electron chi connectivity index (χ3n) is 3.44. The molecule has 1 aliphatic rings. The SMILES string of the molecule is COc1ccc(OC)c(C(=O)OOC2CCCCC2)c1. The molecule has 0 atom stereocenters. The van der Waals surface area contributed by atoms with Gasteiger partial charge >= 0.3 is 5.97 Å². The highest BCUT2D eigenvalue weighted by Crippen LogP contribution is 2.26. The fourth-order valence-corrected chi connectivity index (χ4v) is 2.29. The Labute approximate surface area is 118 Å². The van der Waals surface area contributed by atoms with Crippen LogP contribution in [0.4, 0.5) is 0 Å². The van der Waals surface area contributed by atoms with E-state index in [1.807, 2.05) is 0 Å². The van der Waals surface area contributed by atoms with E-state index in [1.54, 1.807) is 18.2 Å². The molecule has 0 bridgehead atoms. The first-order valence-corrected chi connectivity index (χ1v) is 6.84. The standard InChI is InChI=1S/C15H20O5/c1-17-12-8-9-14(18-2)13(10-12)15(16)20-19-11-6-4-3-5-7-11/h8-11H,3-7H2,1-2H3. The van der Waals surface area contributed by atoms with Gasteiger partial charge in [0.25, 0.3) is 0 Å². The number of methoxy groups -OCH3 is 2. The van der Waals surface area contributed by atoms with E-state index in [2.05, 4.69) is 0 Å². The molecule has 0 amide bonds. The number of benzene rings is 1. The normalized spacial score (nSPS) is 15.7. The summed E-state index contributed by atoms with van der Waals surface area (Å²) in [5.74, 6) is 0.435. The monoisotopic (exact) mass is 280 g/mol. The van der Waals surface area contributed by atoms with Crippen LogP contribution in [0.5, 0.6) is 11.5 Å². The van der Waals surface area contributed by atoms with Crippen LogP contribution in [-0.2, 0) is 9.78 Å². The molecule has 20 heavy (non-hydrogen) atoms. The largest absolute Gasteiger partial charge is 0.497 e. The summed E-state index contributed by atoms with van der Waals surface area (Å²) in [5.41, 5.74) is 0.294. The Balaban J connectivity index is 2.00. The molecule has 1 aromatic carbocycles. The molecule has 110 valence electrons. The van der Waals surface area contributed by atoms with Crippen molar-refractivity contribution in [3.8, 4) is 11.5 Å². The van der Waals surface area contributed by atoms with Crippen molar-refractivity contribution in [1.82, 2.24) is 0 Å². The van der Waals surface area contributed by atoms with Crippen molar-refractivity contribution in [2.75, 3.05) is 14.2 Å². The van der Waals surface area contributed by atoms with E-state index in [-0.39, 0.29) is 6.10 Å². The van der Waals surface area contributed by atoms with E-state index in [1.165, 1.54) is 20.6 Å². The Bertz CT molecular complexity index is 452. The van der Waals surface area contributed by atoms with Crippen molar-refractivity contribution in [1.29, 1.82) is 0 Å². The lowest BCUT2D eigenvalue weighted by molar-refractivity contribution is -0.279. The van der Waals surface area contributed by atoms with Crippen molar-refractivity contribution >= 4 is 5.97 Å². The van der Waals surface area contributed by atoms with Gasteiger partial charge in [0.2, 0.25) is 0 Å². The van der Waals surface area contributed by atoms with E-state index in [0.717, 1.165) is 25.7 Å². The Morgan fingerprint density at radius 3 is 2.50 bits per heavy atom. The topological polar surface area (TPSA) is 54.0 Å². The van der Waals surface area contributed by atoms with Crippen LogP contribution < -0.4 is 9.47 Å². The average molecular weight is 280 g/mol. The van der Waals surface area contributed by atoms with Crippen LogP contribution in [0.2, 0.25) is 0 Å². The summed E-state index contributed by atoms with van der Waals surface area (Å²) in [4.78, 5) is 22.2. The van der Waals surface area contributed by atoms with Gasteiger partial charge in [-0.1, -0.05) is 19.3 Å². The van der Waals surface area contributed by atoms with Crippen LogP contribution in [0.1, 0.15) is 42.5 Å². The first-order valence-electron chi connectivity index (χ1n) is 6.84. The van der Waals surface area contributed by atoms with Crippen LogP contribution in [-0.4, -0.2) is 26.3 Å². The summed E-state index contributed by atoms with van der Waals surface area (Å²) in [6, 6.07) is 4.96. The Kier molecular flexibility index (Phi) is 5.24. The van der Waals surface area contributed by atoms with Crippen LogP contribution in [0.25, 0.3) is 0 Å². The van der Waals surface area contributed by atoms with Crippen molar-refractivity contribution in [3.63, 3.8) is 0 Å². The quantitative estimate of drug-likeness (QED) is 0.612. The molecule has 0 aliphatic heterocycles. The first-order chi connectivity index (χ1) is 9.74. The van der Waals surface area contributed by atoms with Gasteiger partial charge in [-0.3, -0.25) is 4.89 Å². The van der Waals surface area contributed by atoms with Gasteiger partial charge in [0.05, 0.1) is 14.2 Å². The molecule has 1 fully saturated rings. The summed E-state index contributed by atoms with van der Waals surface area (Å²) in [6.07, 6.45) is 5.32. The van der Waals surface area contributed by atoms with Gasteiger partial charge in [-0.25, -0.2) is 4.79 Å². The molecule has 0 N–H and O–H groups in total. The summed E-state index contributed by atoms with van der Waals surface area (Å²) in [7, 11) is 3.04. The first kappa shape index (κ1) is 14.7. The van der Waals surface area contributed by atoms with E-state index in [9.17, 15) is 4.79 Å². The third-order valence-corrected chi connectivity index (χ3v) is 3.44. The van der Waals surface area contributed by atoms with Crippen LogP contribution >= 0.6 is 0 Å². The number of carbonyl (C=O) groups excluding carboxylic acids is 1. The maximum atomic E-state index is 12.1. The van der Waals surface area contributed by atoms with Gasteiger partial charge < -0.3 is 9.47 Å². The van der Waals surface area contributed by atoms with E-state index < -0.39 is 5.97 Å². The van der Waals surface area contributed by atoms with Crippen LogP contribution in [0.3, 0.4) is 0 Å². The second-order valence-electron chi connectivity index (χ2n) is 4.79. The molecule has 1 aliphatic carbocycles. The van der Waals surface area contributed by atoms with E-state index in [0.29, 0.717) is 17.1 Å². The van der Waals surface area contributed by atoms with E-state index in [4.69, 9.17) is 19.2 Å². The Hall–Kier alpha value is -1.75. The van der Waals surface area contributed by atoms with Gasteiger partial charge in [-0.2, -0.15) is 4.89 Å². The molecule has 0 unspecified atom stereocenters. The predicted octanol–water partition coefficient (Wildman–Crippen LogP) is 3.12. The summed E-state index contributed by atoms with van der Waals surface area (Å²) < 4.78 is 10.2. The number of ether oxygens (including phenoxy) is 2. The van der Waals surface area contributed by atoms with Gasteiger partial charge in [0.1, 0.15) is 23.2 Å². The smallest absolute Gasteiger partial charge is 0.376 e. The molecule has 5 heteroatoms. The molecule has 2 rings (SSSR count). The zero-order valence-electron chi connectivity index (χ0n) is 11.9. The molecule has 0 aromatic heterocycles. The van der Waals surface area contributed by atoms with Gasteiger partial charge in [-0.15, -0.1) is 0 Å². The minimum absolute atomic E-state index is 0.00398. The highest BCUT2D eigenvalue weighted by Gasteiger charge is 2.20. The lowest BCUT2D eigenvalue weighted by Gasteiger charge is -2.20. The molecular weight excluding hydrogens is 260 g/mol. The highest BCUT2D eigenvalue weighted by atomic mass is 17.2. The van der Waals surface area contributed by atoms with E-state index >= 15 is 0 Å². The average Bonchev–Trinajstić information content (AvgIpc) is 2.52. The third kappa shape index (κ3) is 3.63. The zero-order chi connectivity index (χ0) is 14.4. The number of carbonyl (C=O) groups is 1. The second-order valence-corrected chi connectivity index (χ2v) is 4.79. The molecule has 1 aromatic rings. The lowest BCUT2D eigenvalue weighted by atomic mass is 9.98. The molecule has 5 nitrogen and oxygen atoms in total. The van der Waals surface area contributed by atoms with Crippen molar-refractivity contribution in [3.05, 3.63) is 23.8 Å². The van der Waals surface area contributed by atoms with Crippen molar-refractivity contribution in [2.45, 2.75) is 38.2 Å². The summed E-state index contributed by atoms with van der Waals surface area (Å²) in [6.45, 7) is 0. The molecular formula is C15H20O5. The van der Waals surface area contributed by atoms with Crippen molar-refractivity contribution < 1.29 is 24.0 Å². The lowest BCUT2D eigenvalue weighted by Crippen LogP contribution is -2.19. The molecule has 0 radical (unpaired) electrons. The van der Waals surface area contributed by atoms with Crippen molar-refractivity contribution in [2.24, 2.45) is 0 Å². The molecule has 0 heterocycles. The summed E-state index contributed by atoms with van der Waals surface area (Å²) >= 11 is 0. The Morgan fingerprint density at radius 2 is 1.85 bits per heavy atom. The van der Waals surface area contributed by atoms with Crippen LogP contribution in [0, 0.1) is 0 Å². The van der Waals surface area contributed by atoms with Gasteiger partial charge in [-0.05, 0) is 31.0 Å². The maximum Gasteiger partial charge on any atom is 0.376 e. The highest BCUT2D eigenvalue weighted by molar-refractivity contribution is 5.92. The fraction of sp³-hybridized carbons (Fsp3) is 0.533. The molecule has 1 saturated carbocycles. The number of hydrogen-bond acceptors (Lipinski definition) is 5. The Morgan fingerprint density at radius 1 is 1.10 bits per heavy atom.